The van der Waals surface area contributed by atoms with E-state index in [1.54, 1.807) is 23.9 Å². The van der Waals surface area contributed by atoms with E-state index in [0.717, 1.165) is 24.0 Å². The third-order valence-electron chi connectivity index (χ3n) is 4.39. The molecular formula is C20H23FN2OS. The first-order chi connectivity index (χ1) is 12.1. The SMILES string of the molecule is CSc1ccc(CN(C)C(C(=O)NC2CC2)c2ccc(F)cc2)cc1. The second-order valence-electron chi connectivity index (χ2n) is 6.50. The number of amides is 1. The van der Waals surface area contributed by atoms with Crippen LogP contribution in [0.3, 0.4) is 0 Å². The Hall–Kier alpha value is -1.85. The summed E-state index contributed by atoms with van der Waals surface area (Å²) in [4.78, 5) is 16.0. The maximum atomic E-state index is 13.3. The highest BCUT2D eigenvalue weighted by Gasteiger charge is 2.30. The molecular weight excluding hydrogens is 335 g/mol. The van der Waals surface area contributed by atoms with Crippen LogP contribution in [0.15, 0.2) is 53.4 Å². The molecule has 0 radical (unpaired) electrons. The number of carbonyl (C=O) groups excluding carboxylic acids is 1. The van der Waals surface area contributed by atoms with Crippen LogP contribution in [-0.4, -0.2) is 30.2 Å². The topological polar surface area (TPSA) is 32.3 Å². The zero-order valence-corrected chi connectivity index (χ0v) is 15.4. The average Bonchev–Trinajstić information content (AvgIpc) is 3.41. The van der Waals surface area contributed by atoms with Crippen LogP contribution in [0.4, 0.5) is 4.39 Å². The van der Waals surface area contributed by atoms with Gasteiger partial charge < -0.3 is 5.32 Å². The highest BCUT2D eigenvalue weighted by molar-refractivity contribution is 7.98. The van der Waals surface area contributed by atoms with E-state index in [1.807, 2.05) is 18.2 Å². The molecule has 0 bridgehead atoms. The van der Waals surface area contributed by atoms with E-state index in [1.165, 1.54) is 17.0 Å². The summed E-state index contributed by atoms with van der Waals surface area (Å²) in [7, 11) is 1.93. The van der Waals surface area contributed by atoms with Crippen LogP contribution >= 0.6 is 11.8 Å². The van der Waals surface area contributed by atoms with Gasteiger partial charge in [-0.1, -0.05) is 24.3 Å². The number of rotatable bonds is 7. The summed E-state index contributed by atoms with van der Waals surface area (Å²) >= 11 is 1.71. The molecule has 0 aromatic heterocycles. The third kappa shape index (κ3) is 4.83. The van der Waals surface area contributed by atoms with Crippen molar-refractivity contribution < 1.29 is 9.18 Å². The first-order valence-electron chi connectivity index (χ1n) is 8.46. The summed E-state index contributed by atoms with van der Waals surface area (Å²) in [6, 6.07) is 14.4. The summed E-state index contributed by atoms with van der Waals surface area (Å²) in [6.45, 7) is 0.648. The largest absolute Gasteiger partial charge is 0.352 e. The van der Waals surface area contributed by atoms with Crippen LogP contribution < -0.4 is 5.32 Å². The van der Waals surface area contributed by atoms with Crippen molar-refractivity contribution in [3.8, 4) is 0 Å². The number of hydrogen-bond acceptors (Lipinski definition) is 3. The second-order valence-corrected chi connectivity index (χ2v) is 7.38. The Morgan fingerprint density at radius 1 is 1.20 bits per heavy atom. The number of likely N-dealkylation sites (N-methyl/N-ethyl adjacent to an activating group) is 1. The molecule has 3 nitrogen and oxygen atoms in total. The Bertz CT molecular complexity index is 713. The van der Waals surface area contributed by atoms with Crippen LogP contribution in [0.25, 0.3) is 0 Å². The van der Waals surface area contributed by atoms with E-state index in [-0.39, 0.29) is 11.7 Å². The first-order valence-corrected chi connectivity index (χ1v) is 9.68. The normalized spacial score (nSPS) is 15.2. The molecule has 1 atom stereocenters. The predicted molar refractivity (Wildman–Crippen MR) is 100.0 cm³/mol. The van der Waals surface area contributed by atoms with Gasteiger partial charge in [-0.3, -0.25) is 9.69 Å². The van der Waals surface area contributed by atoms with Crippen LogP contribution in [0.5, 0.6) is 0 Å². The van der Waals surface area contributed by atoms with Crippen molar-refractivity contribution in [2.75, 3.05) is 13.3 Å². The molecule has 5 heteroatoms. The van der Waals surface area contributed by atoms with E-state index in [4.69, 9.17) is 0 Å². The van der Waals surface area contributed by atoms with Crippen molar-refractivity contribution in [3.05, 3.63) is 65.5 Å². The zero-order valence-electron chi connectivity index (χ0n) is 14.5. The molecule has 1 fully saturated rings. The Kier molecular flexibility index (Phi) is 5.76. The van der Waals surface area contributed by atoms with Gasteiger partial charge in [0.15, 0.2) is 0 Å². The van der Waals surface area contributed by atoms with Crippen molar-refractivity contribution in [1.82, 2.24) is 10.2 Å². The first kappa shape index (κ1) is 18.0. The summed E-state index contributed by atoms with van der Waals surface area (Å²) in [6.07, 6.45) is 4.14. The molecule has 0 spiro atoms. The van der Waals surface area contributed by atoms with E-state index in [2.05, 4.69) is 29.6 Å². The van der Waals surface area contributed by atoms with Gasteiger partial charge in [-0.25, -0.2) is 4.39 Å². The molecule has 1 amide bonds. The Morgan fingerprint density at radius 3 is 2.40 bits per heavy atom. The lowest BCUT2D eigenvalue weighted by atomic mass is 10.0. The summed E-state index contributed by atoms with van der Waals surface area (Å²) < 4.78 is 13.3. The molecule has 25 heavy (non-hydrogen) atoms. The van der Waals surface area contributed by atoms with Crippen molar-refractivity contribution >= 4 is 17.7 Å². The lowest BCUT2D eigenvalue weighted by molar-refractivity contribution is -0.126. The molecule has 0 saturated heterocycles. The van der Waals surface area contributed by atoms with Gasteiger partial charge in [-0.2, -0.15) is 0 Å². The number of thioether (sulfide) groups is 1. The van der Waals surface area contributed by atoms with Gasteiger partial charge in [-0.05, 0) is 61.5 Å². The highest BCUT2D eigenvalue weighted by atomic mass is 32.2. The molecule has 0 aliphatic heterocycles. The van der Waals surface area contributed by atoms with Gasteiger partial charge in [0.1, 0.15) is 11.9 Å². The Balaban J connectivity index is 1.78. The fourth-order valence-electron chi connectivity index (χ4n) is 2.87. The monoisotopic (exact) mass is 358 g/mol. The smallest absolute Gasteiger partial charge is 0.242 e. The van der Waals surface area contributed by atoms with Crippen molar-refractivity contribution in [3.63, 3.8) is 0 Å². The maximum absolute atomic E-state index is 13.3. The molecule has 1 unspecified atom stereocenters. The van der Waals surface area contributed by atoms with Gasteiger partial charge in [0.25, 0.3) is 0 Å². The summed E-state index contributed by atoms with van der Waals surface area (Å²) in [5, 5.41) is 3.07. The number of benzene rings is 2. The van der Waals surface area contributed by atoms with E-state index in [9.17, 15) is 9.18 Å². The standard InChI is InChI=1S/C20H23FN2OS/c1-23(13-14-3-11-18(25-2)12-4-14)19(20(24)22-17-9-10-17)15-5-7-16(21)8-6-15/h3-8,11-12,17,19H,9-10,13H2,1-2H3,(H,22,24). The Labute approximate surface area is 152 Å². The van der Waals surface area contributed by atoms with Crippen molar-refractivity contribution in [2.45, 2.75) is 36.4 Å². The molecule has 3 rings (SSSR count). The highest BCUT2D eigenvalue weighted by Crippen LogP contribution is 2.26. The minimum Gasteiger partial charge on any atom is -0.352 e. The fraction of sp³-hybridized carbons (Fsp3) is 0.350. The molecule has 1 aliphatic carbocycles. The number of halogens is 1. The van der Waals surface area contributed by atoms with Gasteiger partial charge in [0, 0.05) is 17.5 Å². The van der Waals surface area contributed by atoms with Gasteiger partial charge in [-0.15, -0.1) is 11.8 Å². The number of hydrogen-bond donors (Lipinski definition) is 1. The van der Waals surface area contributed by atoms with Crippen LogP contribution in [0.1, 0.15) is 30.0 Å². The van der Waals surface area contributed by atoms with Gasteiger partial charge in [0.2, 0.25) is 5.91 Å². The minimum absolute atomic E-state index is 0.0163. The quantitative estimate of drug-likeness (QED) is 0.760. The minimum atomic E-state index is -0.429. The molecule has 1 saturated carbocycles. The van der Waals surface area contributed by atoms with Crippen molar-refractivity contribution in [2.24, 2.45) is 0 Å². The number of nitrogens with one attached hydrogen (secondary N) is 1. The van der Waals surface area contributed by atoms with Crippen LogP contribution in [0, 0.1) is 5.82 Å². The number of carbonyl (C=O) groups is 1. The van der Waals surface area contributed by atoms with E-state index >= 15 is 0 Å². The van der Waals surface area contributed by atoms with Crippen LogP contribution in [-0.2, 0) is 11.3 Å². The second kappa shape index (κ2) is 8.02. The predicted octanol–water partition coefficient (Wildman–Crippen LogP) is 4.00. The Morgan fingerprint density at radius 2 is 1.84 bits per heavy atom. The lowest BCUT2D eigenvalue weighted by Crippen LogP contribution is -2.39. The molecule has 2 aromatic carbocycles. The van der Waals surface area contributed by atoms with E-state index < -0.39 is 6.04 Å². The average molecular weight is 358 g/mol. The van der Waals surface area contributed by atoms with Crippen LogP contribution in [0.2, 0.25) is 0 Å². The third-order valence-corrected chi connectivity index (χ3v) is 5.13. The van der Waals surface area contributed by atoms with Crippen molar-refractivity contribution in [1.29, 1.82) is 0 Å². The van der Waals surface area contributed by atoms with Gasteiger partial charge in [0.05, 0.1) is 0 Å². The summed E-state index contributed by atoms with van der Waals surface area (Å²) in [5.41, 5.74) is 1.95. The van der Waals surface area contributed by atoms with Gasteiger partial charge >= 0.3 is 0 Å². The zero-order chi connectivity index (χ0) is 17.8. The molecule has 1 N–H and O–H groups in total. The molecule has 132 valence electrons. The van der Waals surface area contributed by atoms with E-state index in [0.29, 0.717) is 12.6 Å². The molecule has 0 heterocycles. The molecule has 1 aliphatic rings. The fourth-order valence-corrected chi connectivity index (χ4v) is 3.28. The maximum Gasteiger partial charge on any atom is 0.242 e. The summed E-state index contributed by atoms with van der Waals surface area (Å²) in [5.74, 6) is -0.308. The lowest BCUT2D eigenvalue weighted by Gasteiger charge is -2.28. The molecule has 2 aromatic rings. The number of nitrogens with zero attached hydrogens (tertiary/aromatic N) is 1.